The van der Waals surface area contributed by atoms with Crippen LogP contribution in [0.5, 0.6) is 0 Å². The Kier molecular flexibility index (Phi) is 5.37. The number of hydrogen-bond donors (Lipinski definition) is 2. The van der Waals surface area contributed by atoms with Crippen LogP contribution >= 0.6 is 27.5 Å². The van der Waals surface area contributed by atoms with Crippen molar-refractivity contribution in [2.24, 2.45) is 0 Å². The Hall–Kier alpha value is -2.36. The molecule has 1 aliphatic heterocycles. The Morgan fingerprint density at radius 3 is 2.52 bits per heavy atom. The van der Waals surface area contributed by atoms with Gasteiger partial charge in [-0.15, -0.1) is 5.10 Å². The topological polar surface area (TPSA) is 88.9 Å². The Morgan fingerprint density at radius 2 is 1.86 bits per heavy atom. The van der Waals surface area contributed by atoms with E-state index in [2.05, 4.69) is 36.1 Å². The van der Waals surface area contributed by atoms with Crippen molar-refractivity contribution in [2.75, 3.05) is 15.8 Å². The normalized spacial score (nSPS) is 16.0. The van der Waals surface area contributed by atoms with Gasteiger partial charge in [0.2, 0.25) is 16.0 Å². The highest BCUT2D eigenvalue weighted by Gasteiger charge is 2.26. The van der Waals surface area contributed by atoms with Gasteiger partial charge in [0.05, 0.1) is 5.75 Å². The second-order valence-electron chi connectivity index (χ2n) is 6.42. The number of fused-ring (bicyclic) bond motifs is 1. The molecule has 3 aromatic rings. The highest BCUT2D eigenvalue weighted by atomic mass is 79.9. The summed E-state index contributed by atoms with van der Waals surface area (Å²) in [6.45, 7) is 1.56. The molecule has 0 fully saturated rings. The summed E-state index contributed by atoms with van der Waals surface area (Å²) in [5.41, 5.74) is 2.76. The molecule has 0 bridgehead atoms. The number of aromatic nitrogens is 3. The van der Waals surface area contributed by atoms with Crippen LogP contribution in [0.3, 0.4) is 0 Å². The molecule has 0 aliphatic carbocycles. The third-order valence-corrected chi connectivity index (χ3v) is 6.49. The second kappa shape index (κ2) is 7.81. The van der Waals surface area contributed by atoms with Gasteiger partial charge in [0, 0.05) is 15.2 Å². The number of nitrogens with zero attached hydrogens (tertiary/aromatic N) is 3. The number of allylic oxidation sites excluding steroid dienone is 1. The van der Waals surface area contributed by atoms with Crippen LogP contribution in [0, 0.1) is 0 Å². The van der Waals surface area contributed by atoms with E-state index in [4.69, 9.17) is 11.6 Å². The van der Waals surface area contributed by atoms with E-state index in [0.29, 0.717) is 11.0 Å². The molecule has 10 heteroatoms. The number of hydrogen-bond acceptors (Lipinski definition) is 5. The van der Waals surface area contributed by atoms with Gasteiger partial charge in [0.15, 0.2) is 0 Å². The number of sulfonamides is 1. The largest absolute Gasteiger partial charge is 0.324 e. The molecule has 0 radical (unpaired) electrons. The predicted octanol–water partition coefficient (Wildman–Crippen LogP) is 4.51. The maximum absolute atomic E-state index is 11.9. The summed E-state index contributed by atoms with van der Waals surface area (Å²) in [6, 6.07) is 15.0. The van der Waals surface area contributed by atoms with Crippen molar-refractivity contribution < 1.29 is 8.42 Å². The summed E-state index contributed by atoms with van der Waals surface area (Å²) in [4.78, 5) is 4.34. The number of halogens is 2. The maximum atomic E-state index is 11.9. The highest BCUT2D eigenvalue weighted by Crippen LogP contribution is 2.34. The standard InChI is InChI=1S/C19H17BrClN5O2S/c1-2-29(27,28)25-18-23-19-22-16(12-3-7-14(20)8-4-12)11-17(26(19)24-18)13-5-9-15(21)10-6-13/h3-11,17H,2H2,1H3,(H2,22,23,24,25)/t17-/m1/s1. The van der Waals surface area contributed by atoms with Gasteiger partial charge in [-0.2, -0.15) is 4.98 Å². The summed E-state index contributed by atoms with van der Waals surface area (Å²) < 4.78 is 28.9. The monoisotopic (exact) mass is 493 g/mol. The maximum Gasteiger partial charge on any atom is 0.257 e. The lowest BCUT2D eigenvalue weighted by Crippen LogP contribution is -2.20. The summed E-state index contributed by atoms with van der Waals surface area (Å²) in [5.74, 6) is 0.408. The predicted molar refractivity (Wildman–Crippen MR) is 118 cm³/mol. The van der Waals surface area contributed by atoms with Crippen LogP contribution in [0.25, 0.3) is 5.70 Å². The zero-order chi connectivity index (χ0) is 20.6. The Morgan fingerprint density at radius 1 is 1.17 bits per heavy atom. The molecule has 4 rings (SSSR count). The molecule has 0 spiro atoms. The molecule has 150 valence electrons. The van der Waals surface area contributed by atoms with Crippen molar-refractivity contribution >= 4 is 55.1 Å². The van der Waals surface area contributed by atoms with E-state index < -0.39 is 10.0 Å². The molecule has 1 aromatic heterocycles. The first-order valence-electron chi connectivity index (χ1n) is 8.82. The van der Waals surface area contributed by atoms with Gasteiger partial charge in [-0.05, 0) is 48.4 Å². The highest BCUT2D eigenvalue weighted by molar-refractivity contribution is 9.10. The van der Waals surface area contributed by atoms with E-state index in [1.54, 1.807) is 11.6 Å². The van der Waals surface area contributed by atoms with Crippen LogP contribution in [0.4, 0.5) is 11.9 Å². The van der Waals surface area contributed by atoms with Crippen LogP contribution in [-0.2, 0) is 10.0 Å². The number of nitrogens with one attached hydrogen (secondary N) is 2. The lowest BCUT2D eigenvalue weighted by atomic mass is 10.0. The summed E-state index contributed by atoms with van der Waals surface area (Å²) in [5, 5.41) is 8.25. The van der Waals surface area contributed by atoms with Crippen molar-refractivity contribution in [3.8, 4) is 0 Å². The van der Waals surface area contributed by atoms with E-state index in [1.165, 1.54) is 0 Å². The fraction of sp³-hybridized carbons (Fsp3) is 0.158. The summed E-state index contributed by atoms with van der Waals surface area (Å²) in [6.07, 6.45) is 2.02. The van der Waals surface area contributed by atoms with E-state index in [0.717, 1.165) is 21.3 Å². The third kappa shape index (κ3) is 4.31. The molecule has 0 saturated heterocycles. The zero-order valence-corrected chi connectivity index (χ0v) is 18.5. The minimum Gasteiger partial charge on any atom is -0.324 e. The molecular formula is C19H17BrClN5O2S. The van der Waals surface area contributed by atoms with Crippen LogP contribution in [0.2, 0.25) is 5.02 Å². The van der Waals surface area contributed by atoms with E-state index in [9.17, 15) is 8.42 Å². The van der Waals surface area contributed by atoms with Crippen molar-refractivity contribution in [1.82, 2.24) is 14.8 Å². The van der Waals surface area contributed by atoms with Crippen LogP contribution in [-0.4, -0.2) is 28.9 Å². The lowest BCUT2D eigenvalue weighted by Gasteiger charge is -2.24. The molecule has 2 aromatic carbocycles. The van der Waals surface area contributed by atoms with Crippen molar-refractivity contribution in [1.29, 1.82) is 0 Å². The van der Waals surface area contributed by atoms with Crippen LogP contribution < -0.4 is 10.0 Å². The number of anilines is 2. The van der Waals surface area contributed by atoms with Crippen molar-refractivity contribution in [3.63, 3.8) is 0 Å². The van der Waals surface area contributed by atoms with Crippen LogP contribution in [0.1, 0.15) is 24.1 Å². The summed E-state index contributed by atoms with van der Waals surface area (Å²) in [7, 11) is -3.49. The minimum atomic E-state index is -3.49. The molecule has 7 nitrogen and oxygen atoms in total. The van der Waals surface area contributed by atoms with Gasteiger partial charge in [-0.25, -0.2) is 17.8 Å². The van der Waals surface area contributed by atoms with E-state index >= 15 is 0 Å². The SMILES string of the molecule is CCS(=O)(=O)Nc1nc2n(n1)[C@@H](c1ccc(Cl)cc1)C=C(c1ccc(Br)cc1)N2. The Balaban J connectivity index is 1.78. The quantitative estimate of drug-likeness (QED) is 0.545. The molecule has 2 N–H and O–H groups in total. The van der Waals surface area contributed by atoms with Gasteiger partial charge in [0.1, 0.15) is 6.04 Å². The molecule has 2 heterocycles. The van der Waals surface area contributed by atoms with Gasteiger partial charge < -0.3 is 5.32 Å². The first kappa shape index (κ1) is 19.9. The smallest absolute Gasteiger partial charge is 0.257 e. The lowest BCUT2D eigenvalue weighted by molar-refractivity contribution is 0.599. The average molecular weight is 495 g/mol. The fourth-order valence-electron chi connectivity index (χ4n) is 2.94. The second-order valence-corrected chi connectivity index (χ2v) is 9.78. The first-order valence-corrected chi connectivity index (χ1v) is 11.6. The van der Waals surface area contributed by atoms with Gasteiger partial charge >= 0.3 is 0 Å². The van der Waals surface area contributed by atoms with Crippen molar-refractivity contribution in [3.05, 3.63) is 75.2 Å². The summed E-state index contributed by atoms with van der Waals surface area (Å²) >= 11 is 9.48. The average Bonchev–Trinajstić information content (AvgIpc) is 3.10. The molecule has 0 unspecified atom stereocenters. The molecule has 1 aliphatic rings. The van der Waals surface area contributed by atoms with Crippen molar-refractivity contribution in [2.45, 2.75) is 13.0 Å². The van der Waals surface area contributed by atoms with E-state index in [1.807, 2.05) is 54.6 Å². The molecular weight excluding hydrogens is 478 g/mol. The van der Waals surface area contributed by atoms with Gasteiger partial charge in [-0.3, -0.25) is 0 Å². The molecule has 0 saturated carbocycles. The van der Waals surface area contributed by atoms with Gasteiger partial charge in [0.25, 0.3) is 5.95 Å². The first-order chi connectivity index (χ1) is 13.8. The number of rotatable bonds is 5. The Bertz CT molecular complexity index is 1170. The third-order valence-electron chi connectivity index (χ3n) is 4.46. The number of benzene rings is 2. The molecule has 29 heavy (non-hydrogen) atoms. The van der Waals surface area contributed by atoms with E-state index in [-0.39, 0.29) is 17.7 Å². The fourth-order valence-corrected chi connectivity index (χ4v) is 3.84. The van der Waals surface area contributed by atoms with Crippen LogP contribution in [0.15, 0.2) is 59.1 Å². The zero-order valence-electron chi connectivity index (χ0n) is 15.3. The minimum absolute atomic E-state index is 0.0266. The Labute approximate surface area is 182 Å². The molecule has 0 amide bonds. The van der Waals surface area contributed by atoms with Gasteiger partial charge in [-0.1, -0.05) is 51.8 Å². The molecule has 1 atom stereocenters.